The maximum atomic E-state index is 3.76. The minimum atomic E-state index is 0.491. The van der Waals surface area contributed by atoms with Gasteiger partial charge in [0.2, 0.25) is 0 Å². The van der Waals surface area contributed by atoms with Crippen LogP contribution in [-0.4, -0.2) is 0 Å². The molecule has 19 heavy (non-hydrogen) atoms. The van der Waals surface area contributed by atoms with E-state index in [1.165, 1.54) is 41.8 Å². The van der Waals surface area contributed by atoms with E-state index in [0.717, 1.165) is 5.92 Å². The number of hydrogen-bond donors (Lipinski definition) is 1. The molecule has 1 nitrogen and oxygen atoms in total. The minimum absolute atomic E-state index is 0.491. The van der Waals surface area contributed by atoms with Gasteiger partial charge in [0.05, 0.1) is 6.04 Å². The first-order valence-corrected chi connectivity index (χ1v) is 8.07. The van der Waals surface area contributed by atoms with Gasteiger partial charge in [0.25, 0.3) is 0 Å². The van der Waals surface area contributed by atoms with Gasteiger partial charge in [-0.05, 0) is 49.3 Å². The number of anilines is 1. The first kappa shape index (κ1) is 12.7. The lowest BCUT2D eigenvalue weighted by Gasteiger charge is -2.25. The van der Waals surface area contributed by atoms with Crippen LogP contribution < -0.4 is 5.32 Å². The highest BCUT2D eigenvalue weighted by Crippen LogP contribution is 2.39. The van der Waals surface area contributed by atoms with Crippen LogP contribution in [0.15, 0.2) is 41.8 Å². The highest BCUT2D eigenvalue weighted by Gasteiger charge is 2.26. The van der Waals surface area contributed by atoms with Crippen LogP contribution in [0.25, 0.3) is 0 Å². The standard InChI is InChI=1S/C17H21NS/c1-13-8-10-15(11-9-13)18-17(14-5-2-3-6-14)16-7-4-12-19-16/h4,7-12,14,17-18H,2-3,5-6H2,1H3. The molecule has 1 atom stereocenters. The topological polar surface area (TPSA) is 12.0 Å². The molecule has 2 aromatic rings. The van der Waals surface area contributed by atoms with Crippen LogP contribution in [0.2, 0.25) is 0 Å². The van der Waals surface area contributed by atoms with Crippen LogP contribution >= 0.6 is 11.3 Å². The fraction of sp³-hybridized carbons (Fsp3) is 0.412. The van der Waals surface area contributed by atoms with Crippen LogP contribution in [0.1, 0.15) is 42.2 Å². The van der Waals surface area contributed by atoms with Gasteiger partial charge in [-0.2, -0.15) is 0 Å². The molecule has 1 fully saturated rings. The molecule has 1 aromatic heterocycles. The molecular formula is C17H21NS. The van der Waals surface area contributed by atoms with Crippen molar-refractivity contribution in [3.63, 3.8) is 0 Å². The van der Waals surface area contributed by atoms with E-state index < -0.39 is 0 Å². The Bertz CT molecular complexity index is 495. The summed E-state index contributed by atoms with van der Waals surface area (Å²) in [5.41, 5.74) is 2.56. The SMILES string of the molecule is Cc1ccc(NC(c2cccs2)C2CCCC2)cc1. The fourth-order valence-electron chi connectivity index (χ4n) is 3.01. The predicted molar refractivity (Wildman–Crippen MR) is 83.8 cm³/mol. The summed E-state index contributed by atoms with van der Waals surface area (Å²) >= 11 is 1.88. The summed E-state index contributed by atoms with van der Waals surface area (Å²) in [6, 6.07) is 13.7. The summed E-state index contributed by atoms with van der Waals surface area (Å²) in [6.07, 6.45) is 5.51. The molecule has 0 saturated heterocycles. The van der Waals surface area contributed by atoms with Crippen molar-refractivity contribution in [3.8, 4) is 0 Å². The Morgan fingerprint density at radius 2 is 1.84 bits per heavy atom. The second kappa shape index (κ2) is 5.79. The summed E-state index contributed by atoms with van der Waals surface area (Å²) in [6.45, 7) is 2.14. The van der Waals surface area contributed by atoms with Crippen molar-refractivity contribution in [2.75, 3.05) is 5.32 Å². The van der Waals surface area contributed by atoms with Gasteiger partial charge in [0.15, 0.2) is 0 Å². The summed E-state index contributed by atoms with van der Waals surface area (Å²) in [7, 11) is 0. The highest BCUT2D eigenvalue weighted by molar-refractivity contribution is 7.10. The summed E-state index contributed by atoms with van der Waals surface area (Å²) < 4.78 is 0. The van der Waals surface area contributed by atoms with E-state index in [-0.39, 0.29) is 0 Å². The van der Waals surface area contributed by atoms with Gasteiger partial charge in [-0.25, -0.2) is 0 Å². The maximum Gasteiger partial charge on any atom is 0.0634 e. The van der Waals surface area contributed by atoms with Crippen molar-refractivity contribution in [1.29, 1.82) is 0 Å². The fourth-order valence-corrected chi connectivity index (χ4v) is 3.88. The molecule has 1 heterocycles. The zero-order valence-electron chi connectivity index (χ0n) is 11.4. The lowest BCUT2D eigenvalue weighted by atomic mass is 9.96. The van der Waals surface area contributed by atoms with E-state index in [4.69, 9.17) is 0 Å². The highest BCUT2D eigenvalue weighted by atomic mass is 32.1. The monoisotopic (exact) mass is 271 g/mol. The molecule has 2 heteroatoms. The van der Waals surface area contributed by atoms with Crippen LogP contribution in [0, 0.1) is 12.8 Å². The molecule has 1 saturated carbocycles. The van der Waals surface area contributed by atoms with Crippen LogP contribution in [-0.2, 0) is 0 Å². The second-order valence-electron chi connectivity index (χ2n) is 5.55. The van der Waals surface area contributed by atoms with Crippen LogP contribution in [0.5, 0.6) is 0 Å². The van der Waals surface area contributed by atoms with Crippen molar-refractivity contribution in [1.82, 2.24) is 0 Å². The van der Waals surface area contributed by atoms with Gasteiger partial charge >= 0.3 is 0 Å². The van der Waals surface area contributed by atoms with Gasteiger partial charge in [0, 0.05) is 10.6 Å². The third-order valence-corrected chi connectivity index (χ3v) is 5.05. The molecule has 0 spiro atoms. The molecule has 3 rings (SSSR count). The number of benzene rings is 1. The van der Waals surface area contributed by atoms with Crippen molar-refractivity contribution in [3.05, 3.63) is 52.2 Å². The molecule has 1 unspecified atom stereocenters. The Morgan fingerprint density at radius 1 is 1.11 bits per heavy atom. The second-order valence-corrected chi connectivity index (χ2v) is 6.53. The van der Waals surface area contributed by atoms with Crippen molar-refractivity contribution >= 4 is 17.0 Å². The van der Waals surface area contributed by atoms with Gasteiger partial charge in [-0.15, -0.1) is 11.3 Å². The van der Waals surface area contributed by atoms with E-state index in [1.807, 2.05) is 11.3 Å². The van der Waals surface area contributed by atoms with E-state index in [1.54, 1.807) is 0 Å². The van der Waals surface area contributed by atoms with Crippen LogP contribution in [0.3, 0.4) is 0 Å². The van der Waals surface area contributed by atoms with Crippen molar-refractivity contribution in [2.45, 2.75) is 38.6 Å². The molecule has 0 aliphatic heterocycles. The number of thiophene rings is 1. The van der Waals surface area contributed by atoms with E-state index >= 15 is 0 Å². The Hall–Kier alpha value is -1.28. The van der Waals surface area contributed by atoms with Gasteiger partial charge in [-0.1, -0.05) is 36.6 Å². The number of rotatable bonds is 4. The van der Waals surface area contributed by atoms with Crippen molar-refractivity contribution < 1.29 is 0 Å². The largest absolute Gasteiger partial charge is 0.377 e. The molecule has 0 amide bonds. The van der Waals surface area contributed by atoms with Crippen LogP contribution in [0.4, 0.5) is 5.69 Å². The van der Waals surface area contributed by atoms with E-state index in [2.05, 4.69) is 54.0 Å². The average Bonchev–Trinajstić information content (AvgIpc) is 3.11. The third kappa shape index (κ3) is 3.01. The van der Waals surface area contributed by atoms with Gasteiger partial charge < -0.3 is 5.32 Å². The van der Waals surface area contributed by atoms with Gasteiger partial charge in [0.1, 0.15) is 0 Å². The molecule has 1 aliphatic carbocycles. The Morgan fingerprint density at radius 3 is 2.47 bits per heavy atom. The number of aryl methyl sites for hydroxylation is 1. The third-order valence-electron chi connectivity index (χ3n) is 4.09. The Labute approximate surface area is 119 Å². The van der Waals surface area contributed by atoms with E-state index in [9.17, 15) is 0 Å². The molecule has 0 bridgehead atoms. The summed E-state index contributed by atoms with van der Waals surface area (Å²) in [5.74, 6) is 0.792. The van der Waals surface area contributed by atoms with Crippen molar-refractivity contribution in [2.24, 2.45) is 5.92 Å². The minimum Gasteiger partial charge on any atom is -0.377 e. The smallest absolute Gasteiger partial charge is 0.0634 e. The Balaban J connectivity index is 1.81. The zero-order chi connectivity index (χ0) is 13.1. The molecular weight excluding hydrogens is 250 g/mol. The number of nitrogens with one attached hydrogen (secondary N) is 1. The molecule has 1 N–H and O–H groups in total. The maximum absolute atomic E-state index is 3.76. The number of hydrogen-bond acceptors (Lipinski definition) is 2. The molecule has 1 aromatic carbocycles. The summed E-state index contributed by atoms with van der Waals surface area (Å²) in [4.78, 5) is 1.48. The molecule has 1 aliphatic rings. The predicted octanol–water partition coefficient (Wildman–Crippen LogP) is 5.40. The molecule has 100 valence electrons. The van der Waals surface area contributed by atoms with E-state index in [0.29, 0.717) is 6.04 Å². The lowest BCUT2D eigenvalue weighted by Crippen LogP contribution is -2.17. The van der Waals surface area contributed by atoms with Gasteiger partial charge in [-0.3, -0.25) is 0 Å². The normalized spacial score (nSPS) is 17.5. The Kier molecular flexibility index (Phi) is 3.88. The molecule has 0 radical (unpaired) electrons. The summed E-state index contributed by atoms with van der Waals surface area (Å²) in [5, 5.41) is 5.95. The quantitative estimate of drug-likeness (QED) is 0.785. The lowest BCUT2D eigenvalue weighted by molar-refractivity contribution is 0.475. The zero-order valence-corrected chi connectivity index (χ0v) is 12.2. The first-order chi connectivity index (χ1) is 9.33. The average molecular weight is 271 g/mol. The first-order valence-electron chi connectivity index (χ1n) is 7.19.